The van der Waals surface area contributed by atoms with Crippen LogP contribution in [0.2, 0.25) is 0 Å². The molecule has 2 aromatic heterocycles. The molecule has 2 heterocycles. The Bertz CT molecular complexity index is 696. The van der Waals surface area contributed by atoms with Crippen molar-refractivity contribution in [3.63, 3.8) is 0 Å². The summed E-state index contributed by atoms with van der Waals surface area (Å²) in [4.78, 5) is 5.49. The van der Waals surface area contributed by atoms with E-state index in [4.69, 9.17) is 10.3 Å². The molecule has 7 nitrogen and oxygen atoms in total. The second kappa shape index (κ2) is 6.51. The van der Waals surface area contributed by atoms with Crippen molar-refractivity contribution in [2.24, 2.45) is 5.73 Å². The number of thioether (sulfide) groups is 1. The lowest BCUT2D eigenvalue weighted by molar-refractivity contribution is 0.424. The van der Waals surface area contributed by atoms with Crippen LogP contribution in [0.3, 0.4) is 0 Å². The SMILES string of the molecule is NCCn1cc(-c2nc(CSc3ccccc3)no2)nn1. The van der Waals surface area contributed by atoms with E-state index in [0.29, 0.717) is 36.3 Å². The monoisotopic (exact) mass is 302 g/mol. The lowest BCUT2D eigenvalue weighted by Gasteiger charge is -1.96. The van der Waals surface area contributed by atoms with Gasteiger partial charge in [-0.25, -0.2) is 0 Å². The Hall–Kier alpha value is -2.19. The van der Waals surface area contributed by atoms with E-state index < -0.39 is 0 Å². The average Bonchev–Trinajstić information content (AvgIpc) is 3.15. The first kappa shape index (κ1) is 13.8. The number of hydrogen-bond donors (Lipinski definition) is 1. The summed E-state index contributed by atoms with van der Waals surface area (Å²) < 4.78 is 6.86. The first-order valence-electron chi connectivity index (χ1n) is 6.46. The van der Waals surface area contributed by atoms with Gasteiger partial charge in [-0.3, -0.25) is 4.68 Å². The third-order valence-corrected chi connectivity index (χ3v) is 3.70. The highest BCUT2D eigenvalue weighted by Crippen LogP contribution is 2.22. The molecule has 8 heteroatoms. The highest BCUT2D eigenvalue weighted by molar-refractivity contribution is 7.98. The van der Waals surface area contributed by atoms with Crippen LogP contribution in [0.1, 0.15) is 5.82 Å². The van der Waals surface area contributed by atoms with Crippen LogP contribution < -0.4 is 5.73 Å². The Morgan fingerprint density at radius 3 is 2.90 bits per heavy atom. The molecule has 0 aliphatic carbocycles. The maximum Gasteiger partial charge on any atom is 0.280 e. The van der Waals surface area contributed by atoms with E-state index in [1.165, 1.54) is 0 Å². The molecule has 0 saturated heterocycles. The molecule has 0 amide bonds. The molecule has 0 fully saturated rings. The molecule has 0 spiro atoms. The minimum Gasteiger partial charge on any atom is -0.332 e. The van der Waals surface area contributed by atoms with Gasteiger partial charge in [0.25, 0.3) is 5.89 Å². The van der Waals surface area contributed by atoms with Crippen molar-refractivity contribution >= 4 is 11.8 Å². The van der Waals surface area contributed by atoms with Gasteiger partial charge in [-0.2, -0.15) is 4.98 Å². The summed E-state index contributed by atoms with van der Waals surface area (Å²) in [5.41, 5.74) is 6.03. The van der Waals surface area contributed by atoms with E-state index in [9.17, 15) is 0 Å². The van der Waals surface area contributed by atoms with Crippen LogP contribution in [0.4, 0.5) is 0 Å². The third kappa shape index (κ3) is 3.47. The third-order valence-electron chi connectivity index (χ3n) is 2.70. The molecule has 2 N–H and O–H groups in total. The molecule has 0 bridgehead atoms. The van der Waals surface area contributed by atoms with Crippen molar-refractivity contribution in [1.29, 1.82) is 0 Å². The van der Waals surface area contributed by atoms with E-state index >= 15 is 0 Å². The molecule has 0 saturated carbocycles. The molecule has 1 aromatic carbocycles. The van der Waals surface area contributed by atoms with Crippen LogP contribution in [0.15, 0.2) is 45.9 Å². The highest BCUT2D eigenvalue weighted by Gasteiger charge is 2.12. The molecule has 0 atom stereocenters. The molecule has 3 rings (SSSR count). The van der Waals surface area contributed by atoms with Crippen molar-refractivity contribution in [2.75, 3.05) is 6.54 Å². The second-order valence-corrected chi connectivity index (χ2v) is 5.32. The summed E-state index contributed by atoms with van der Waals surface area (Å²) in [5, 5.41) is 11.9. The maximum atomic E-state index is 5.46. The fourth-order valence-corrected chi connectivity index (χ4v) is 2.48. The van der Waals surface area contributed by atoms with Gasteiger partial charge in [0, 0.05) is 11.4 Å². The van der Waals surface area contributed by atoms with E-state index in [2.05, 4.69) is 20.5 Å². The van der Waals surface area contributed by atoms with Gasteiger partial charge in [-0.15, -0.1) is 16.9 Å². The van der Waals surface area contributed by atoms with Gasteiger partial charge in [0.05, 0.1) is 18.5 Å². The molecular formula is C13H14N6OS. The quantitative estimate of drug-likeness (QED) is 0.690. The van der Waals surface area contributed by atoms with E-state index in [0.717, 1.165) is 4.90 Å². The van der Waals surface area contributed by atoms with Crippen LogP contribution in [-0.4, -0.2) is 31.7 Å². The largest absolute Gasteiger partial charge is 0.332 e. The molecule has 0 aliphatic heterocycles. The summed E-state index contributed by atoms with van der Waals surface area (Å²) in [7, 11) is 0. The van der Waals surface area contributed by atoms with E-state index in [-0.39, 0.29) is 0 Å². The number of rotatable bonds is 6. The van der Waals surface area contributed by atoms with Gasteiger partial charge in [0.1, 0.15) is 0 Å². The summed E-state index contributed by atoms with van der Waals surface area (Å²) in [6.45, 7) is 1.11. The number of nitrogens with zero attached hydrogens (tertiary/aromatic N) is 5. The zero-order valence-corrected chi connectivity index (χ0v) is 12.0. The lowest BCUT2D eigenvalue weighted by atomic mass is 10.4. The first-order valence-corrected chi connectivity index (χ1v) is 7.45. The summed E-state index contributed by atoms with van der Waals surface area (Å²) in [5.74, 6) is 1.65. The minimum atomic E-state index is 0.377. The molecule has 0 radical (unpaired) electrons. The average molecular weight is 302 g/mol. The molecule has 108 valence electrons. The maximum absolute atomic E-state index is 5.46. The van der Waals surface area contributed by atoms with Crippen LogP contribution >= 0.6 is 11.8 Å². The predicted molar refractivity (Wildman–Crippen MR) is 78.4 cm³/mol. The van der Waals surface area contributed by atoms with Crippen molar-refractivity contribution < 1.29 is 4.52 Å². The van der Waals surface area contributed by atoms with Crippen molar-refractivity contribution in [3.05, 3.63) is 42.4 Å². The molecule has 21 heavy (non-hydrogen) atoms. The number of benzene rings is 1. The topological polar surface area (TPSA) is 95.7 Å². The van der Waals surface area contributed by atoms with Crippen LogP contribution in [0.5, 0.6) is 0 Å². The van der Waals surface area contributed by atoms with Crippen LogP contribution in [-0.2, 0) is 12.3 Å². The van der Waals surface area contributed by atoms with Gasteiger partial charge in [0.2, 0.25) is 0 Å². The smallest absolute Gasteiger partial charge is 0.280 e. The van der Waals surface area contributed by atoms with Crippen molar-refractivity contribution in [3.8, 4) is 11.6 Å². The lowest BCUT2D eigenvalue weighted by Crippen LogP contribution is -2.10. The summed E-state index contributed by atoms with van der Waals surface area (Å²) in [6.07, 6.45) is 1.74. The van der Waals surface area contributed by atoms with Crippen molar-refractivity contribution in [2.45, 2.75) is 17.2 Å². The molecule has 0 aliphatic rings. The Balaban J connectivity index is 1.65. The van der Waals surface area contributed by atoms with Crippen molar-refractivity contribution in [1.82, 2.24) is 25.1 Å². The first-order chi connectivity index (χ1) is 10.3. The van der Waals surface area contributed by atoms with Gasteiger partial charge < -0.3 is 10.3 Å². The number of nitrogens with two attached hydrogens (primary N) is 1. The highest BCUT2D eigenvalue weighted by atomic mass is 32.2. The van der Waals surface area contributed by atoms with E-state index in [1.54, 1.807) is 22.6 Å². The van der Waals surface area contributed by atoms with Gasteiger partial charge in [-0.05, 0) is 12.1 Å². The fourth-order valence-electron chi connectivity index (χ4n) is 1.72. The Morgan fingerprint density at radius 2 is 2.10 bits per heavy atom. The fraction of sp³-hybridized carbons (Fsp3) is 0.231. The van der Waals surface area contributed by atoms with Gasteiger partial charge in [0.15, 0.2) is 11.5 Å². The standard InChI is InChI=1S/C13H14N6OS/c14-6-7-19-8-11(16-18-19)13-15-12(17-20-13)9-21-10-4-2-1-3-5-10/h1-5,8H,6-7,9,14H2. The van der Waals surface area contributed by atoms with Crippen LogP contribution in [0, 0.1) is 0 Å². The zero-order chi connectivity index (χ0) is 14.5. The zero-order valence-electron chi connectivity index (χ0n) is 11.2. The van der Waals surface area contributed by atoms with Gasteiger partial charge >= 0.3 is 0 Å². The van der Waals surface area contributed by atoms with Crippen LogP contribution in [0.25, 0.3) is 11.6 Å². The Kier molecular flexibility index (Phi) is 4.27. The number of hydrogen-bond acceptors (Lipinski definition) is 7. The minimum absolute atomic E-state index is 0.377. The number of aromatic nitrogens is 5. The predicted octanol–water partition coefficient (Wildman–Crippen LogP) is 1.58. The molecular weight excluding hydrogens is 288 g/mol. The Morgan fingerprint density at radius 1 is 1.24 bits per heavy atom. The van der Waals surface area contributed by atoms with E-state index in [1.807, 2.05) is 30.3 Å². The van der Waals surface area contributed by atoms with Gasteiger partial charge in [-0.1, -0.05) is 28.6 Å². The second-order valence-electron chi connectivity index (χ2n) is 4.27. The Labute approximate surface area is 125 Å². The molecule has 0 unspecified atom stereocenters. The molecule has 3 aromatic rings. The summed E-state index contributed by atoms with van der Waals surface area (Å²) in [6, 6.07) is 10.1. The summed E-state index contributed by atoms with van der Waals surface area (Å²) >= 11 is 1.65. The normalized spacial score (nSPS) is 10.9.